The maximum absolute atomic E-state index is 11.9. The van der Waals surface area contributed by atoms with E-state index >= 15 is 0 Å². The molecule has 0 aromatic heterocycles. The lowest BCUT2D eigenvalue weighted by atomic mass is 9.96. The van der Waals surface area contributed by atoms with Gasteiger partial charge in [-0.1, -0.05) is 42.0 Å². The highest BCUT2D eigenvalue weighted by Crippen LogP contribution is 2.19. The summed E-state index contributed by atoms with van der Waals surface area (Å²) >= 11 is 0. The van der Waals surface area contributed by atoms with Crippen LogP contribution in [-0.2, 0) is 0 Å². The van der Waals surface area contributed by atoms with Gasteiger partial charge in [-0.05, 0) is 37.5 Å². The topological polar surface area (TPSA) is 37.3 Å². The molecular formula is C16H16O2. The van der Waals surface area contributed by atoms with E-state index in [1.165, 1.54) is 11.6 Å². The second kappa shape index (κ2) is 5.50. The van der Waals surface area contributed by atoms with E-state index in [-0.39, 0.29) is 17.5 Å². The molecule has 1 unspecified atom stereocenters. The van der Waals surface area contributed by atoms with Crippen molar-refractivity contribution in [2.45, 2.75) is 13.3 Å². The monoisotopic (exact) mass is 240 g/mol. The number of phenolic OH excluding ortho intramolecular Hbond substituents is 1. The van der Waals surface area contributed by atoms with E-state index in [0.717, 1.165) is 6.42 Å². The number of allylic oxidation sites excluding steroid dienone is 6. The molecule has 0 radical (unpaired) electrons. The van der Waals surface area contributed by atoms with Gasteiger partial charge in [-0.15, -0.1) is 0 Å². The molecule has 0 spiro atoms. The first-order chi connectivity index (χ1) is 8.66. The summed E-state index contributed by atoms with van der Waals surface area (Å²) in [6, 6.07) is 6.59. The van der Waals surface area contributed by atoms with E-state index < -0.39 is 0 Å². The summed E-state index contributed by atoms with van der Waals surface area (Å²) in [5.41, 5.74) is 1.60. The maximum atomic E-state index is 11.9. The van der Waals surface area contributed by atoms with Crippen LogP contribution in [0.25, 0.3) is 0 Å². The van der Waals surface area contributed by atoms with Crippen molar-refractivity contribution in [3.63, 3.8) is 0 Å². The summed E-state index contributed by atoms with van der Waals surface area (Å²) < 4.78 is 0. The van der Waals surface area contributed by atoms with Gasteiger partial charge in [0.25, 0.3) is 0 Å². The molecule has 92 valence electrons. The van der Waals surface area contributed by atoms with Crippen LogP contribution in [-0.4, -0.2) is 10.9 Å². The number of ketones is 1. The van der Waals surface area contributed by atoms with Crippen LogP contribution in [0.4, 0.5) is 0 Å². The summed E-state index contributed by atoms with van der Waals surface area (Å²) in [4.78, 5) is 11.9. The predicted molar refractivity (Wildman–Crippen MR) is 72.6 cm³/mol. The van der Waals surface area contributed by atoms with Gasteiger partial charge in [-0.25, -0.2) is 0 Å². The van der Waals surface area contributed by atoms with E-state index in [4.69, 9.17) is 0 Å². The molecule has 1 aliphatic carbocycles. The molecule has 2 nitrogen and oxygen atoms in total. The van der Waals surface area contributed by atoms with E-state index in [9.17, 15) is 9.90 Å². The second-order valence-electron chi connectivity index (χ2n) is 4.45. The van der Waals surface area contributed by atoms with Crippen LogP contribution < -0.4 is 0 Å². The normalized spacial score (nSPS) is 18.9. The summed E-state index contributed by atoms with van der Waals surface area (Å²) in [6.45, 7) is 2.06. The molecule has 1 aliphatic rings. The van der Waals surface area contributed by atoms with Crippen molar-refractivity contribution in [1.82, 2.24) is 0 Å². The molecule has 0 fully saturated rings. The minimum atomic E-state index is -0.159. The molecular weight excluding hydrogens is 224 g/mol. The first kappa shape index (κ1) is 12.4. The lowest BCUT2D eigenvalue weighted by Gasteiger charge is -2.09. The highest BCUT2D eigenvalue weighted by Gasteiger charge is 2.08. The molecule has 0 amide bonds. The minimum Gasteiger partial charge on any atom is -0.507 e. The Morgan fingerprint density at radius 2 is 2.17 bits per heavy atom. The van der Waals surface area contributed by atoms with Gasteiger partial charge in [0.15, 0.2) is 5.78 Å². The average molecular weight is 240 g/mol. The zero-order valence-electron chi connectivity index (χ0n) is 10.3. The Balaban J connectivity index is 2.05. The SMILES string of the molecule is CC1=CCC(C=CC(=O)c2ccccc2O)C=C1. The van der Waals surface area contributed by atoms with Crippen molar-refractivity contribution in [2.24, 2.45) is 5.92 Å². The number of hydrogen-bond acceptors (Lipinski definition) is 2. The van der Waals surface area contributed by atoms with Gasteiger partial charge < -0.3 is 5.11 Å². The Labute approximate surface area is 107 Å². The van der Waals surface area contributed by atoms with E-state index in [2.05, 4.69) is 25.2 Å². The highest BCUT2D eigenvalue weighted by atomic mass is 16.3. The average Bonchev–Trinajstić information content (AvgIpc) is 2.38. The smallest absolute Gasteiger partial charge is 0.189 e. The Morgan fingerprint density at radius 1 is 1.39 bits per heavy atom. The third-order valence-electron chi connectivity index (χ3n) is 2.98. The molecule has 1 aromatic carbocycles. The predicted octanol–water partition coefficient (Wildman–Crippen LogP) is 3.65. The first-order valence-electron chi connectivity index (χ1n) is 6.02. The van der Waals surface area contributed by atoms with Crippen molar-refractivity contribution in [3.8, 4) is 5.75 Å². The van der Waals surface area contributed by atoms with Gasteiger partial charge in [-0.2, -0.15) is 0 Å². The number of para-hydroxylation sites is 1. The van der Waals surface area contributed by atoms with Gasteiger partial charge in [0.2, 0.25) is 0 Å². The summed E-state index contributed by atoms with van der Waals surface area (Å²) in [7, 11) is 0. The minimum absolute atomic E-state index is 0.0297. The van der Waals surface area contributed by atoms with Gasteiger partial charge in [-0.3, -0.25) is 4.79 Å². The maximum Gasteiger partial charge on any atom is 0.189 e. The first-order valence-corrected chi connectivity index (χ1v) is 6.02. The lowest BCUT2D eigenvalue weighted by molar-refractivity contribution is 0.104. The zero-order chi connectivity index (χ0) is 13.0. The second-order valence-corrected chi connectivity index (χ2v) is 4.45. The van der Waals surface area contributed by atoms with Crippen molar-refractivity contribution in [1.29, 1.82) is 0 Å². The standard InChI is InChI=1S/C16H16O2/c1-12-6-8-13(9-7-12)10-11-16(18)14-4-2-3-5-15(14)17/h2-8,10-11,13,17H,9H2,1H3. The number of rotatable bonds is 3. The molecule has 1 atom stereocenters. The molecule has 0 saturated carbocycles. The number of carbonyl (C=O) groups is 1. The van der Waals surface area contributed by atoms with E-state index in [1.54, 1.807) is 24.3 Å². The third-order valence-corrected chi connectivity index (χ3v) is 2.98. The van der Waals surface area contributed by atoms with Crippen LogP contribution in [0.5, 0.6) is 5.75 Å². The van der Waals surface area contributed by atoms with Crippen LogP contribution in [0.2, 0.25) is 0 Å². The summed E-state index contributed by atoms with van der Waals surface area (Å²) in [5, 5.41) is 9.57. The molecule has 0 heterocycles. The number of benzene rings is 1. The molecule has 2 heteroatoms. The Bertz CT molecular complexity index is 536. The van der Waals surface area contributed by atoms with Crippen molar-refractivity contribution >= 4 is 5.78 Å². The third kappa shape index (κ3) is 2.98. The van der Waals surface area contributed by atoms with Gasteiger partial charge in [0, 0.05) is 0 Å². The molecule has 18 heavy (non-hydrogen) atoms. The largest absolute Gasteiger partial charge is 0.507 e. The van der Waals surface area contributed by atoms with Crippen molar-refractivity contribution in [3.05, 3.63) is 65.8 Å². The highest BCUT2D eigenvalue weighted by molar-refractivity contribution is 6.06. The van der Waals surface area contributed by atoms with E-state index in [0.29, 0.717) is 5.56 Å². The molecule has 2 rings (SSSR count). The number of aromatic hydroxyl groups is 1. The quantitative estimate of drug-likeness (QED) is 0.646. The zero-order valence-corrected chi connectivity index (χ0v) is 10.3. The summed E-state index contributed by atoms with van der Waals surface area (Å²) in [5.74, 6) is 0.137. The fourth-order valence-electron chi connectivity index (χ4n) is 1.87. The van der Waals surface area contributed by atoms with Crippen LogP contribution >= 0.6 is 0 Å². The summed E-state index contributed by atoms with van der Waals surface area (Å²) in [6.07, 6.45) is 10.6. The Morgan fingerprint density at radius 3 is 2.83 bits per heavy atom. The molecule has 1 N–H and O–H groups in total. The van der Waals surface area contributed by atoms with Gasteiger partial charge >= 0.3 is 0 Å². The molecule has 1 aromatic rings. The number of phenols is 1. The molecule has 0 aliphatic heterocycles. The number of carbonyl (C=O) groups excluding carboxylic acids is 1. The van der Waals surface area contributed by atoms with Gasteiger partial charge in [0.1, 0.15) is 5.75 Å². The fourth-order valence-corrected chi connectivity index (χ4v) is 1.87. The Kier molecular flexibility index (Phi) is 3.78. The van der Waals surface area contributed by atoms with Crippen LogP contribution in [0.3, 0.4) is 0 Å². The molecule has 0 bridgehead atoms. The van der Waals surface area contributed by atoms with Crippen LogP contribution in [0, 0.1) is 5.92 Å². The van der Waals surface area contributed by atoms with Crippen LogP contribution in [0.15, 0.2) is 60.2 Å². The van der Waals surface area contributed by atoms with Gasteiger partial charge in [0.05, 0.1) is 5.56 Å². The van der Waals surface area contributed by atoms with Crippen LogP contribution in [0.1, 0.15) is 23.7 Å². The number of hydrogen-bond donors (Lipinski definition) is 1. The van der Waals surface area contributed by atoms with Crippen molar-refractivity contribution < 1.29 is 9.90 Å². The lowest BCUT2D eigenvalue weighted by Crippen LogP contribution is -1.99. The van der Waals surface area contributed by atoms with Crippen molar-refractivity contribution in [2.75, 3.05) is 0 Å². The fraction of sp³-hybridized carbons (Fsp3) is 0.188. The molecule has 0 saturated heterocycles. The Hall–Kier alpha value is -2.09. The van der Waals surface area contributed by atoms with E-state index in [1.807, 2.05) is 6.08 Å².